The topological polar surface area (TPSA) is 75.9 Å². The van der Waals surface area contributed by atoms with Gasteiger partial charge in [-0.1, -0.05) is 29.8 Å². The number of aromatic nitrogens is 6. The molecule has 0 bridgehead atoms. The SMILES string of the molecule is Clc1cccc(-n2ncc3c(N4CCN(c5cnc6ccccc6n5)CC4)ncnc32)c1. The van der Waals surface area contributed by atoms with Gasteiger partial charge in [0.15, 0.2) is 5.65 Å². The van der Waals surface area contributed by atoms with Crippen LogP contribution >= 0.6 is 11.6 Å². The molecule has 4 heterocycles. The fourth-order valence-electron chi connectivity index (χ4n) is 4.13. The average Bonchev–Trinajstić information content (AvgIpc) is 3.28. The lowest BCUT2D eigenvalue weighted by molar-refractivity contribution is 0.643. The summed E-state index contributed by atoms with van der Waals surface area (Å²) in [5, 5.41) is 6.14. The molecule has 3 aromatic heterocycles. The maximum Gasteiger partial charge on any atom is 0.168 e. The Hall–Kier alpha value is -3.78. The Morgan fingerprint density at radius 3 is 2.44 bits per heavy atom. The van der Waals surface area contributed by atoms with Crippen molar-refractivity contribution in [3.8, 4) is 5.69 Å². The summed E-state index contributed by atoms with van der Waals surface area (Å²) in [7, 11) is 0. The largest absolute Gasteiger partial charge is 0.352 e. The van der Waals surface area contributed by atoms with E-state index in [1.807, 2.05) is 60.9 Å². The quantitative estimate of drug-likeness (QED) is 0.421. The van der Waals surface area contributed by atoms with Gasteiger partial charge >= 0.3 is 0 Å². The minimum Gasteiger partial charge on any atom is -0.352 e. The predicted molar refractivity (Wildman–Crippen MR) is 126 cm³/mol. The molecule has 6 rings (SSSR count). The molecular formula is C23H19ClN8. The molecule has 0 aliphatic carbocycles. The van der Waals surface area contributed by atoms with Crippen molar-refractivity contribution in [3.05, 3.63) is 72.3 Å². The molecule has 2 aromatic carbocycles. The zero-order valence-electron chi connectivity index (χ0n) is 17.1. The van der Waals surface area contributed by atoms with Crippen LogP contribution in [0, 0.1) is 0 Å². The number of hydrogen-bond acceptors (Lipinski definition) is 7. The van der Waals surface area contributed by atoms with Crippen LogP contribution in [0.15, 0.2) is 67.3 Å². The van der Waals surface area contributed by atoms with Crippen molar-refractivity contribution < 1.29 is 0 Å². The van der Waals surface area contributed by atoms with E-state index in [0.717, 1.165) is 65.6 Å². The summed E-state index contributed by atoms with van der Waals surface area (Å²) in [6.45, 7) is 3.31. The predicted octanol–water partition coefficient (Wildman–Crippen LogP) is 3.74. The van der Waals surface area contributed by atoms with Crippen molar-refractivity contribution in [2.75, 3.05) is 36.0 Å². The number of para-hydroxylation sites is 2. The second-order valence-electron chi connectivity index (χ2n) is 7.66. The summed E-state index contributed by atoms with van der Waals surface area (Å²) in [6, 6.07) is 15.5. The van der Waals surface area contributed by atoms with Crippen molar-refractivity contribution in [3.63, 3.8) is 0 Å². The van der Waals surface area contributed by atoms with Gasteiger partial charge in [-0.25, -0.2) is 19.6 Å². The molecule has 1 aliphatic heterocycles. The highest BCUT2D eigenvalue weighted by molar-refractivity contribution is 6.30. The Morgan fingerprint density at radius 2 is 1.59 bits per heavy atom. The number of piperazine rings is 1. The molecule has 32 heavy (non-hydrogen) atoms. The van der Waals surface area contributed by atoms with E-state index >= 15 is 0 Å². The van der Waals surface area contributed by atoms with Crippen molar-refractivity contribution in [2.45, 2.75) is 0 Å². The lowest BCUT2D eigenvalue weighted by Gasteiger charge is -2.36. The van der Waals surface area contributed by atoms with Gasteiger partial charge in [0.05, 0.1) is 34.5 Å². The van der Waals surface area contributed by atoms with Crippen molar-refractivity contribution in [1.82, 2.24) is 29.7 Å². The van der Waals surface area contributed by atoms with Gasteiger partial charge in [-0.15, -0.1) is 0 Å². The van der Waals surface area contributed by atoms with E-state index in [1.165, 1.54) is 0 Å². The zero-order valence-corrected chi connectivity index (χ0v) is 17.9. The van der Waals surface area contributed by atoms with E-state index in [2.05, 4.69) is 29.9 Å². The van der Waals surface area contributed by atoms with E-state index in [-0.39, 0.29) is 0 Å². The van der Waals surface area contributed by atoms with Gasteiger partial charge in [-0.3, -0.25) is 4.98 Å². The zero-order chi connectivity index (χ0) is 21.5. The van der Waals surface area contributed by atoms with Gasteiger partial charge in [-0.2, -0.15) is 5.10 Å². The monoisotopic (exact) mass is 442 g/mol. The summed E-state index contributed by atoms with van der Waals surface area (Å²) in [5.74, 6) is 1.80. The third-order valence-electron chi connectivity index (χ3n) is 5.74. The summed E-state index contributed by atoms with van der Waals surface area (Å²) < 4.78 is 1.80. The van der Waals surface area contributed by atoms with Crippen LogP contribution < -0.4 is 9.80 Å². The van der Waals surface area contributed by atoms with Crippen LogP contribution in [0.2, 0.25) is 5.02 Å². The number of anilines is 2. The summed E-state index contributed by atoms with van der Waals surface area (Å²) in [6.07, 6.45) is 5.28. The van der Waals surface area contributed by atoms with Crippen LogP contribution in [0.5, 0.6) is 0 Å². The molecule has 0 radical (unpaired) electrons. The first-order chi connectivity index (χ1) is 15.8. The Kier molecular flexibility index (Phi) is 4.57. The number of benzene rings is 2. The number of fused-ring (bicyclic) bond motifs is 2. The molecule has 1 aliphatic rings. The molecule has 0 N–H and O–H groups in total. The minimum atomic E-state index is 0.661. The van der Waals surface area contributed by atoms with Crippen molar-refractivity contribution in [2.24, 2.45) is 0 Å². The molecule has 0 unspecified atom stereocenters. The van der Waals surface area contributed by atoms with Crippen LogP contribution in [-0.2, 0) is 0 Å². The first-order valence-electron chi connectivity index (χ1n) is 10.4. The number of rotatable bonds is 3. The van der Waals surface area contributed by atoms with Gasteiger partial charge in [-0.05, 0) is 30.3 Å². The number of nitrogens with zero attached hydrogens (tertiary/aromatic N) is 8. The average molecular weight is 443 g/mol. The molecule has 8 nitrogen and oxygen atoms in total. The van der Waals surface area contributed by atoms with Gasteiger partial charge in [0.25, 0.3) is 0 Å². The van der Waals surface area contributed by atoms with E-state index in [0.29, 0.717) is 5.02 Å². The maximum absolute atomic E-state index is 6.17. The summed E-state index contributed by atoms with van der Waals surface area (Å²) >= 11 is 6.17. The maximum atomic E-state index is 6.17. The standard InChI is InChI=1S/C23H19ClN8/c24-16-4-3-5-17(12-16)32-23-18(13-28-32)22(26-15-27-23)31-10-8-30(9-11-31)21-14-25-19-6-1-2-7-20(19)29-21/h1-7,12-15H,8-11H2. The number of halogens is 1. The molecule has 1 fully saturated rings. The van der Waals surface area contributed by atoms with E-state index in [1.54, 1.807) is 11.0 Å². The Labute approximate surface area is 189 Å². The second-order valence-corrected chi connectivity index (χ2v) is 8.10. The molecule has 158 valence electrons. The van der Waals surface area contributed by atoms with Crippen molar-refractivity contribution >= 4 is 45.3 Å². The Morgan fingerprint density at radius 1 is 0.781 bits per heavy atom. The summed E-state index contributed by atoms with van der Waals surface area (Å²) in [5.41, 5.74) is 3.46. The van der Waals surface area contributed by atoms with Crippen LogP contribution in [0.4, 0.5) is 11.6 Å². The highest BCUT2D eigenvalue weighted by Gasteiger charge is 2.22. The normalized spacial score (nSPS) is 14.4. The van der Waals surface area contributed by atoms with Gasteiger partial charge < -0.3 is 9.80 Å². The molecule has 0 atom stereocenters. The third-order valence-corrected chi connectivity index (χ3v) is 5.97. The molecule has 5 aromatic rings. The molecule has 0 amide bonds. The fourth-order valence-corrected chi connectivity index (χ4v) is 4.31. The van der Waals surface area contributed by atoms with Crippen LogP contribution in [0.3, 0.4) is 0 Å². The smallest absolute Gasteiger partial charge is 0.168 e. The van der Waals surface area contributed by atoms with Crippen LogP contribution in [0.25, 0.3) is 27.8 Å². The molecule has 0 spiro atoms. The Bertz CT molecular complexity index is 1420. The minimum absolute atomic E-state index is 0.661. The second kappa shape index (κ2) is 7.72. The van der Waals surface area contributed by atoms with Crippen LogP contribution in [0.1, 0.15) is 0 Å². The lowest BCUT2D eigenvalue weighted by atomic mass is 10.2. The highest BCUT2D eigenvalue weighted by Crippen LogP contribution is 2.27. The van der Waals surface area contributed by atoms with Gasteiger partial charge in [0.1, 0.15) is 18.0 Å². The Balaban J connectivity index is 1.26. The molecule has 0 saturated carbocycles. The lowest BCUT2D eigenvalue weighted by Crippen LogP contribution is -2.47. The highest BCUT2D eigenvalue weighted by atomic mass is 35.5. The number of hydrogen-bond donors (Lipinski definition) is 0. The van der Waals surface area contributed by atoms with E-state index in [9.17, 15) is 0 Å². The first-order valence-corrected chi connectivity index (χ1v) is 10.8. The van der Waals surface area contributed by atoms with Gasteiger partial charge in [0.2, 0.25) is 0 Å². The molecular weight excluding hydrogens is 424 g/mol. The fraction of sp³-hybridized carbons (Fsp3) is 0.174. The van der Waals surface area contributed by atoms with Crippen molar-refractivity contribution in [1.29, 1.82) is 0 Å². The van der Waals surface area contributed by atoms with Gasteiger partial charge in [0, 0.05) is 31.2 Å². The molecule has 1 saturated heterocycles. The molecule has 9 heteroatoms. The summed E-state index contributed by atoms with van der Waals surface area (Å²) in [4.78, 5) is 23.0. The first kappa shape index (κ1) is 18.9. The third kappa shape index (κ3) is 3.29. The van der Waals surface area contributed by atoms with Crippen LogP contribution in [-0.4, -0.2) is 55.9 Å². The van der Waals surface area contributed by atoms with E-state index in [4.69, 9.17) is 16.6 Å². The van der Waals surface area contributed by atoms with E-state index < -0.39 is 0 Å².